The van der Waals surface area contributed by atoms with E-state index in [0.29, 0.717) is 30.1 Å². The van der Waals surface area contributed by atoms with Crippen LogP contribution in [-0.2, 0) is 19.9 Å². The van der Waals surface area contributed by atoms with Gasteiger partial charge in [0, 0.05) is 40.9 Å². The number of carbonyl (C=O) groups is 1. The fraction of sp³-hybridized carbons (Fsp3) is 0.242. The molecule has 6 rings (SSSR count). The number of carbonyl (C=O) groups excluding carboxylic acids is 1. The van der Waals surface area contributed by atoms with Crippen molar-refractivity contribution in [3.8, 4) is 17.2 Å². The average molecular weight is 538 g/mol. The van der Waals surface area contributed by atoms with Crippen molar-refractivity contribution in [1.82, 2.24) is 0 Å². The summed E-state index contributed by atoms with van der Waals surface area (Å²) in [5.41, 5.74) is 2.77. The first-order valence-corrected chi connectivity index (χ1v) is 13.3. The van der Waals surface area contributed by atoms with Crippen LogP contribution < -0.4 is 19.1 Å². The van der Waals surface area contributed by atoms with Crippen LogP contribution in [0.3, 0.4) is 0 Å². The van der Waals surface area contributed by atoms with Gasteiger partial charge in [0.05, 0.1) is 40.1 Å². The minimum absolute atomic E-state index is 0.431. The Morgan fingerprint density at radius 2 is 1.40 bits per heavy atom. The number of anilines is 1. The Hall–Kier alpha value is -4.49. The van der Waals surface area contributed by atoms with Crippen molar-refractivity contribution in [3.63, 3.8) is 0 Å². The molecule has 0 saturated carbocycles. The minimum atomic E-state index is -1.13. The van der Waals surface area contributed by atoms with E-state index in [1.165, 1.54) is 7.11 Å². The van der Waals surface area contributed by atoms with Crippen molar-refractivity contribution >= 4 is 28.0 Å². The van der Waals surface area contributed by atoms with Gasteiger partial charge in [-0.2, -0.15) is 0 Å². The van der Waals surface area contributed by atoms with Gasteiger partial charge >= 0.3 is 5.97 Å². The van der Waals surface area contributed by atoms with Crippen LogP contribution in [0.15, 0.2) is 84.9 Å². The quantitative estimate of drug-likeness (QED) is 0.297. The summed E-state index contributed by atoms with van der Waals surface area (Å²) in [6.45, 7) is 3.01. The molecule has 0 atom stereocenters. The van der Waals surface area contributed by atoms with Gasteiger partial charge in [-0.1, -0.05) is 36.4 Å². The van der Waals surface area contributed by atoms with Gasteiger partial charge in [0.2, 0.25) is 0 Å². The minimum Gasteiger partial charge on any atom is -0.497 e. The smallest absolute Gasteiger partial charge is 0.338 e. The van der Waals surface area contributed by atoms with Gasteiger partial charge in [-0.15, -0.1) is 0 Å². The third-order valence-corrected chi connectivity index (χ3v) is 7.68. The Morgan fingerprint density at radius 3 is 1.98 bits per heavy atom. The SMILES string of the molecule is COC(=O)C1=CC(c2ccc(OC)cc2)(c2ccc(OC)cc2)Oc2c1ccc1ccc(N3CCOCC3)cc21. The number of esters is 1. The summed E-state index contributed by atoms with van der Waals surface area (Å²) in [5.74, 6) is 1.65. The second-order valence-electron chi connectivity index (χ2n) is 9.79. The molecule has 0 bridgehead atoms. The lowest BCUT2D eigenvalue weighted by atomic mass is 9.80. The van der Waals surface area contributed by atoms with Crippen LogP contribution in [-0.4, -0.2) is 53.6 Å². The lowest BCUT2D eigenvalue weighted by molar-refractivity contribution is -0.133. The molecule has 2 aliphatic heterocycles. The third-order valence-electron chi connectivity index (χ3n) is 7.68. The highest BCUT2D eigenvalue weighted by Gasteiger charge is 2.42. The summed E-state index contributed by atoms with van der Waals surface area (Å²) in [6.07, 6.45) is 1.86. The fourth-order valence-electron chi connectivity index (χ4n) is 5.50. The van der Waals surface area contributed by atoms with E-state index in [-0.39, 0.29) is 0 Å². The van der Waals surface area contributed by atoms with Gasteiger partial charge in [0.15, 0.2) is 5.60 Å². The van der Waals surface area contributed by atoms with E-state index in [1.54, 1.807) is 14.2 Å². The molecule has 7 nitrogen and oxygen atoms in total. The predicted octanol–water partition coefficient (Wildman–Crippen LogP) is 5.59. The Bertz CT molecular complexity index is 1520. The Labute approximate surface area is 233 Å². The number of nitrogens with zero attached hydrogens (tertiary/aromatic N) is 1. The first-order valence-electron chi connectivity index (χ1n) is 13.3. The molecular formula is C33H31NO6. The van der Waals surface area contributed by atoms with Crippen molar-refractivity contribution < 1.29 is 28.5 Å². The van der Waals surface area contributed by atoms with Gasteiger partial charge in [-0.05, 0) is 53.9 Å². The van der Waals surface area contributed by atoms with Gasteiger partial charge in [0.25, 0.3) is 0 Å². The fourth-order valence-corrected chi connectivity index (χ4v) is 5.50. The summed E-state index contributed by atoms with van der Waals surface area (Å²) in [4.78, 5) is 15.6. The van der Waals surface area contributed by atoms with Crippen LogP contribution >= 0.6 is 0 Å². The van der Waals surface area contributed by atoms with Crippen LogP contribution in [0.2, 0.25) is 0 Å². The molecule has 0 N–H and O–H groups in total. The summed E-state index contributed by atoms with van der Waals surface area (Å²) in [5, 5.41) is 1.93. The van der Waals surface area contributed by atoms with Crippen molar-refractivity contribution in [2.24, 2.45) is 0 Å². The van der Waals surface area contributed by atoms with E-state index in [0.717, 1.165) is 52.2 Å². The second-order valence-corrected chi connectivity index (χ2v) is 9.79. The molecule has 0 aromatic heterocycles. The zero-order chi connectivity index (χ0) is 27.7. The molecular weight excluding hydrogens is 506 g/mol. The van der Waals surface area contributed by atoms with Gasteiger partial charge in [-0.25, -0.2) is 4.79 Å². The number of fused-ring (bicyclic) bond motifs is 3. The number of hydrogen-bond donors (Lipinski definition) is 0. The van der Waals surface area contributed by atoms with Crippen molar-refractivity contribution in [2.75, 3.05) is 52.5 Å². The van der Waals surface area contributed by atoms with Crippen LogP contribution in [0.25, 0.3) is 16.3 Å². The molecule has 204 valence electrons. The molecule has 0 amide bonds. The van der Waals surface area contributed by atoms with Gasteiger partial charge < -0.3 is 28.6 Å². The number of rotatable bonds is 6. The zero-order valence-corrected chi connectivity index (χ0v) is 22.8. The molecule has 1 fully saturated rings. The Balaban J connectivity index is 1.61. The third kappa shape index (κ3) is 4.42. The monoisotopic (exact) mass is 537 g/mol. The molecule has 1 saturated heterocycles. The summed E-state index contributed by atoms with van der Waals surface area (Å²) in [6, 6.07) is 25.7. The number of ether oxygens (including phenoxy) is 5. The van der Waals surface area contributed by atoms with E-state index >= 15 is 0 Å². The maximum Gasteiger partial charge on any atom is 0.338 e. The van der Waals surface area contributed by atoms with E-state index in [4.69, 9.17) is 23.7 Å². The average Bonchev–Trinajstić information content (AvgIpc) is 3.04. The Morgan fingerprint density at radius 1 is 0.800 bits per heavy atom. The van der Waals surface area contributed by atoms with E-state index in [1.807, 2.05) is 66.7 Å². The number of benzene rings is 4. The zero-order valence-electron chi connectivity index (χ0n) is 22.8. The molecule has 0 spiro atoms. The highest BCUT2D eigenvalue weighted by atomic mass is 16.5. The molecule has 0 radical (unpaired) electrons. The standard InChI is InChI=1S/C33H31NO6/c1-36-26-11-6-23(7-12-26)33(24-8-13-27(37-2)14-9-24)21-30(32(35)38-3)28-15-5-22-4-10-25(20-29(22)31(28)40-33)34-16-18-39-19-17-34/h4-15,20-21H,16-19H2,1-3H3. The van der Waals surface area contributed by atoms with Crippen LogP contribution in [0.4, 0.5) is 5.69 Å². The predicted molar refractivity (Wildman–Crippen MR) is 154 cm³/mol. The topological polar surface area (TPSA) is 66.5 Å². The Kier molecular flexibility index (Phi) is 6.82. The molecule has 4 aromatic rings. The first-order chi connectivity index (χ1) is 19.6. The van der Waals surface area contributed by atoms with Gasteiger partial charge in [-0.3, -0.25) is 0 Å². The van der Waals surface area contributed by atoms with E-state index < -0.39 is 11.6 Å². The largest absolute Gasteiger partial charge is 0.497 e. The molecule has 40 heavy (non-hydrogen) atoms. The summed E-state index contributed by atoms with van der Waals surface area (Å²) < 4.78 is 28.8. The molecule has 4 aromatic carbocycles. The molecule has 2 aliphatic rings. The van der Waals surface area contributed by atoms with Gasteiger partial charge in [0.1, 0.15) is 17.2 Å². The van der Waals surface area contributed by atoms with Crippen LogP contribution in [0, 0.1) is 0 Å². The molecule has 7 heteroatoms. The van der Waals surface area contributed by atoms with Crippen molar-refractivity contribution in [3.05, 3.63) is 102 Å². The normalized spacial score (nSPS) is 16.0. The van der Waals surface area contributed by atoms with Crippen molar-refractivity contribution in [1.29, 1.82) is 0 Å². The molecule has 0 aliphatic carbocycles. The number of methoxy groups -OCH3 is 3. The lowest BCUT2D eigenvalue weighted by Crippen LogP contribution is -2.36. The highest BCUT2D eigenvalue weighted by molar-refractivity contribution is 6.19. The molecule has 0 unspecified atom stereocenters. The van der Waals surface area contributed by atoms with E-state index in [2.05, 4.69) is 23.1 Å². The first kappa shape index (κ1) is 25.8. The number of morpholine rings is 1. The summed E-state index contributed by atoms with van der Waals surface area (Å²) in [7, 11) is 4.67. The van der Waals surface area contributed by atoms with Crippen LogP contribution in [0.1, 0.15) is 16.7 Å². The second kappa shape index (κ2) is 10.6. The maximum atomic E-state index is 13.3. The molecule has 2 heterocycles. The lowest BCUT2D eigenvalue weighted by Gasteiger charge is -2.38. The highest BCUT2D eigenvalue weighted by Crippen LogP contribution is 2.49. The summed E-state index contributed by atoms with van der Waals surface area (Å²) >= 11 is 0. The van der Waals surface area contributed by atoms with Crippen molar-refractivity contribution in [2.45, 2.75) is 5.60 Å². The van der Waals surface area contributed by atoms with Crippen LogP contribution in [0.5, 0.6) is 17.2 Å². The maximum absolute atomic E-state index is 13.3. The van der Waals surface area contributed by atoms with E-state index in [9.17, 15) is 4.79 Å². The number of hydrogen-bond acceptors (Lipinski definition) is 7.